The van der Waals surface area contributed by atoms with Gasteiger partial charge in [0.15, 0.2) is 5.69 Å². The largest absolute Gasteiger partial charge is 0.508 e. The number of halogens is 4. The monoisotopic (exact) mass is 373 g/mol. The molecular weight excluding hydrogens is 359 g/mol. The fourth-order valence-corrected chi connectivity index (χ4v) is 2.96. The number of nitrogens with zero attached hydrogens (tertiary/aromatic N) is 2. The molecule has 0 radical (unpaired) electrons. The van der Waals surface area contributed by atoms with E-state index in [1.807, 2.05) is 0 Å². The average Bonchev–Trinajstić information content (AvgIpc) is 3.27. The third-order valence-corrected chi connectivity index (χ3v) is 4.22. The Morgan fingerprint density at radius 2 is 2.12 bits per heavy atom. The standard InChI is InChI=1S/C16H15ClF3N3O2/c17-13-14(9-4-5-9)23(22-15(13)16(18,19)20)7-6-12(25)21-10-2-1-3-11(24)8-10/h1-3,8-9,24H,4-7H2,(H,21,25). The lowest BCUT2D eigenvalue weighted by atomic mass is 10.2. The number of carbonyl (C=O) groups excluding carboxylic acids is 1. The summed E-state index contributed by atoms with van der Waals surface area (Å²) >= 11 is 5.88. The average molecular weight is 374 g/mol. The van der Waals surface area contributed by atoms with E-state index in [2.05, 4.69) is 10.4 Å². The van der Waals surface area contributed by atoms with Gasteiger partial charge in [0.05, 0.1) is 17.3 Å². The number of phenolic OH excluding ortho intramolecular Hbond substituents is 1. The molecule has 25 heavy (non-hydrogen) atoms. The SMILES string of the molecule is O=C(CCn1nc(C(F)(F)F)c(Cl)c1C1CC1)Nc1cccc(O)c1. The Balaban J connectivity index is 1.71. The molecule has 2 aromatic rings. The van der Waals surface area contributed by atoms with Crippen molar-refractivity contribution < 1.29 is 23.1 Å². The first-order chi connectivity index (χ1) is 11.8. The van der Waals surface area contributed by atoms with Crippen LogP contribution in [-0.4, -0.2) is 20.8 Å². The number of phenols is 1. The molecule has 1 amide bonds. The van der Waals surface area contributed by atoms with E-state index in [4.69, 9.17) is 11.6 Å². The van der Waals surface area contributed by atoms with Gasteiger partial charge in [-0.15, -0.1) is 0 Å². The summed E-state index contributed by atoms with van der Waals surface area (Å²) in [6.45, 7) is -0.00766. The zero-order valence-electron chi connectivity index (χ0n) is 13.0. The summed E-state index contributed by atoms with van der Waals surface area (Å²) in [5.41, 5.74) is -0.356. The number of benzene rings is 1. The molecular formula is C16H15ClF3N3O2. The van der Waals surface area contributed by atoms with Crippen LogP contribution >= 0.6 is 11.6 Å². The van der Waals surface area contributed by atoms with Crippen molar-refractivity contribution in [3.8, 4) is 5.75 Å². The van der Waals surface area contributed by atoms with Gasteiger partial charge in [0.1, 0.15) is 5.75 Å². The molecule has 0 bridgehead atoms. The number of hydrogen-bond donors (Lipinski definition) is 2. The van der Waals surface area contributed by atoms with Gasteiger partial charge in [0.25, 0.3) is 0 Å². The smallest absolute Gasteiger partial charge is 0.436 e. The van der Waals surface area contributed by atoms with E-state index in [-0.39, 0.29) is 29.7 Å². The van der Waals surface area contributed by atoms with Gasteiger partial charge in [-0.05, 0) is 25.0 Å². The number of amides is 1. The van der Waals surface area contributed by atoms with Crippen molar-refractivity contribution in [1.29, 1.82) is 0 Å². The van der Waals surface area contributed by atoms with E-state index in [1.165, 1.54) is 16.8 Å². The predicted octanol–water partition coefficient (Wildman–Crippen LogP) is 4.17. The summed E-state index contributed by atoms with van der Waals surface area (Å²) in [5, 5.41) is 15.1. The van der Waals surface area contributed by atoms with Crippen molar-refractivity contribution in [2.75, 3.05) is 5.32 Å². The van der Waals surface area contributed by atoms with Gasteiger partial charge in [-0.2, -0.15) is 18.3 Å². The maximum Gasteiger partial charge on any atom is 0.436 e. The Morgan fingerprint density at radius 1 is 1.40 bits per heavy atom. The maximum atomic E-state index is 13.0. The summed E-state index contributed by atoms with van der Waals surface area (Å²) in [4.78, 5) is 12.0. The summed E-state index contributed by atoms with van der Waals surface area (Å²) in [6.07, 6.45) is -3.17. The number of aromatic hydroxyl groups is 1. The molecule has 9 heteroatoms. The van der Waals surface area contributed by atoms with Crippen LogP contribution in [0.25, 0.3) is 0 Å². The van der Waals surface area contributed by atoms with Gasteiger partial charge in [0, 0.05) is 24.1 Å². The van der Waals surface area contributed by atoms with Crippen LogP contribution in [0.3, 0.4) is 0 Å². The second kappa shape index (κ2) is 6.59. The molecule has 1 aromatic heterocycles. The molecule has 0 spiro atoms. The lowest BCUT2D eigenvalue weighted by Gasteiger charge is -2.08. The fraction of sp³-hybridized carbons (Fsp3) is 0.375. The Hall–Kier alpha value is -2.22. The fourth-order valence-electron chi connectivity index (χ4n) is 2.57. The molecule has 1 heterocycles. The molecule has 5 nitrogen and oxygen atoms in total. The second-order valence-corrected chi connectivity index (χ2v) is 6.27. The van der Waals surface area contributed by atoms with E-state index in [0.717, 1.165) is 12.8 Å². The van der Waals surface area contributed by atoms with E-state index in [1.54, 1.807) is 12.1 Å². The summed E-state index contributed by atoms with van der Waals surface area (Å²) in [6, 6.07) is 6.00. The van der Waals surface area contributed by atoms with E-state index < -0.39 is 17.8 Å². The molecule has 0 unspecified atom stereocenters. The van der Waals surface area contributed by atoms with E-state index >= 15 is 0 Å². The number of carbonyl (C=O) groups is 1. The Morgan fingerprint density at radius 3 is 2.72 bits per heavy atom. The van der Waals surface area contributed by atoms with Crippen LogP contribution in [0.2, 0.25) is 5.02 Å². The summed E-state index contributed by atoms with van der Waals surface area (Å²) in [5.74, 6) is -0.430. The summed E-state index contributed by atoms with van der Waals surface area (Å²) < 4.78 is 40.1. The van der Waals surface area contributed by atoms with Crippen molar-refractivity contribution in [3.63, 3.8) is 0 Å². The van der Waals surface area contributed by atoms with Crippen molar-refractivity contribution >= 4 is 23.2 Å². The van der Waals surface area contributed by atoms with Crippen molar-refractivity contribution in [1.82, 2.24) is 9.78 Å². The van der Waals surface area contributed by atoms with Crippen LogP contribution in [0, 0.1) is 0 Å². The van der Waals surface area contributed by atoms with Gasteiger partial charge in [0.2, 0.25) is 5.91 Å². The highest BCUT2D eigenvalue weighted by atomic mass is 35.5. The first kappa shape index (κ1) is 17.6. The molecule has 3 rings (SSSR count). The number of alkyl halides is 3. The normalized spacial score (nSPS) is 14.6. The van der Waals surface area contributed by atoms with Crippen LogP contribution in [0.15, 0.2) is 24.3 Å². The van der Waals surface area contributed by atoms with Crippen LogP contribution in [0.5, 0.6) is 5.75 Å². The third kappa shape index (κ3) is 4.07. The number of nitrogens with one attached hydrogen (secondary N) is 1. The minimum Gasteiger partial charge on any atom is -0.508 e. The predicted molar refractivity (Wildman–Crippen MR) is 85.6 cm³/mol. The minimum atomic E-state index is -4.63. The summed E-state index contributed by atoms with van der Waals surface area (Å²) in [7, 11) is 0. The zero-order valence-corrected chi connectivity index (χ0v) is 13.7. The lowest BCUT2D eigenvalue weighted by Crippen LogP contribution is -2.16. The Kier molecular flexibility index (Phi) is 4.64. The molecule has 1 aliphatic rings. The van der Waals surface area contributed by atoms with Crippen LogP contribution in [-0.2, 0) is 17.5 Å². The number of hydrogen-bond acceptors (Lipinski definition) is 3. The van der Waals surface area contributed by atoms with Crippen LogP contribution < -0.4 is 5.32 Å². The second-order valence-electron chi connectivity index (χ2n) is 5.89. The quantitative estimate of drug-likeness (QED) is 0.826. The highest BCUT2D eigenvalue weighted by molar-refractivity contribution is 6.32. The number of anilines is 1. The van der Waals surface area contributed by atoms with Crippen LogP contribution in [0.4, 0.5) is 18.9 Å². The molecule has 0 atom stereocenters. The van der Waals surface area contributed by atoms with Crippen molar-refractivity contribution in [2.45, 2.75) is 37.9 Å². The molecule has 0 aliphatic heterocycles. The van der Waals surface area contributed by atoms with E-state index in [9.17, 15) is 23.1 Å². The lowest BCUT2D eigenvalue weighted by molar-refractivity contribution is -0.141. The highest BCUT2D eigenvalue weighted by Crippen LogP contribution is 2.46. The van der Waals surface area contributed by atoms with Crippen molar-refractivity contribution in [2.24, 2.45) is 0 Å². The minimum absolute atomic E-state index is 0.00231. The Bertz CT molecular complexity index is 800. The van der Waals surface area contributed by atoms with Gasteiger partial charge in [-0.1, -0.05) is 17.7 Å². The molecule has 2 N–H and O–H groups in total. The highest BCUT2D eigenvalue weighted by Gasteiger charge is 2.41. The van der Waals surface area contributed by atoms with E-state index in [0.29, 0.717) is 11.4 Å². The number of aromatic nitrogens is 2. The number of rotatable bonds is 5. The molecule has 0 saturated heterocycles. The van der Waals surface area contributed by atoms with Gasteiger partial charge < -0.3 is 10.4 Å². The molecule has 1 saturated carbocycles. The van der Waals surface area contributed by atoms with Crippen molar-refractivity contribution in [3.05, 3.63) is 40.7 Å². The molecule has 1 fully saturated rings. The maximum absolute atomic E-state index is 13.0. The van der Waals surface area contributed by atoms with Gasteiger partial charge >= 0.3 is 6.18 Å². The zero-order chi connectivity index (χ0) is 18.2. The molecule has 1 aliphatic carbocycles. The van der Waals surface area contributed by atoms with Gasteiger partial charge in [-0.25, -0.2) is 0 Å². The van der Waals surface area contributed by atoms with Crippen LogP contribution in [0.1, 0.15) is 36.6 Å². The topological polar surface area (TPSA) is 67.2 Å². The number of aryl methyl sites for hydroxylation is 1. The molecule has 1 aromatic carbocycles. The first-order valence-corrected chi connectivity index (χ1v) is 8.06. The van der Waals surface area contributed by atoms with Gasteiger partial charge in [-0.3, -0.25) is 9.48 Å². The molecule has 134 valence electrons. The first-order valence-electron chi connectivity index (χ1n) is 7.68. The Labute approximate surface area is 146 Å². The third-order valence-electron chi connectivity index (χ3n) is 3.84.